The minimum absolute atomic E-state index is 0.275. The van der Waals surface area contributed by atoms with Crippen molar-refractivity contribution in [3.05, 3.63) is 10.8 Å². The second-order valence-electron chi connectivity index (χ2n) is 3.44. The molecule has 0 atom stereocenters. The fraction of sp³-hybridized carbons (Fsp3) is 0.444. The van der Waals surface area contributed by atoms with Crippen molar-refractivity contribution in [2.24, 2.45) is 0 Å². The first-order valence-electron chi connectivity index (χ1n) is 4.58. The Kier molecular flexibility index (Phi) is 2.60. The number of nitrogens with zero attached hydrogens (tertiary/aromatic N) is 4. The summed E-state index contributed by atoms with van der Waals surface area (Å²) in [6.45, 7) is 4.12. The molecule has 0 bridgehead atoms. The van der Waals surface area contributed by atoms with Crippen LogP contribution in [0.4, 0.5) is 0 Å². The quantitative estimate of drug-likeness (QED) is 0.840. The zero-order valence-electron chi connectivity index (χ0n) is 8.73. The van der Waals surface area contributed by atoms with Gasteiger partial charge in [0.2, 0.25) is 5.88 Å². The van der Waals surface area contributed by atoms with Crippen molar-refractivity contribution in [2.75, 3.05) is 7.11 Å². The molecule has 6 heteroatoms. The average molecular weight is 271 g/mol. The molecule has 2 aromatic rings. The maximum absolute atomic E-state index is 5.14. The first kappa shape index (κ1) is 10.4. The molecule has 0 radical (unpaired) electrons. The van der Waals surface area contributed by atoms with Crippen molar-refractivity contribution in [3.8, 4) is 5.88 Å². The van der Waals surface area contributed by atoms with Gasteiger partial charge < -0.3 is 4.74 Å². The highest BCUT2D eigenvalue weighted by molar-refractivity contribution is 9.10. The van der Waals surface area contributed by atoms with E-state index in [1.165, 1.54) is 0 Å². The summed E-state index contributed by atoms with van der Waals surface area (Å²) < 4.78 is 7.89. The van der Waals surface area contributed by atoms with Gasteiger partial charge in [-0.1, -0.05) is 0 Å². The Labute approximate surface area is 95.6 Å². The number of ether oxygens (including phenoxy) is 1. The fourth-order valence-corrected chi connectivity index (χ4v) is 2.25. The number of hydrogen-bond donors (Lipinski definition) is 0. The Bertz CT molecular complexity index is 494. The van der Waals surface area contributed by atoms with E-state index in [0.29, 0.717) is 5.88 Å². The lowest BCUT2D eigenvalue weighted by Crippen LogP contribution is -2.02. The third kappa shape index (κ3) is 1.58. The summed E-state index contributed by atoms with van der Waals surface area (Å²) >= 11 is 3.50. The van der Waals surface area contributed by atoms with E-state index in [1.54, 1.807) is 13.3 Å². The minimum Gasteiger partial charge on any atom is -0.479 e. The van der Waals surface area contributed by atoms with Crippen molar-refractivity contribution in [2.45, 2.75) is 19.9 Å². The maximum Gasteiger partial charge on any atom is 0.245 e. The number of methoxy groups -OCH3 is 1. The molecule has 0 aliphatic heterocycles. The molecule has 0 saturated heterocycles. The van der Waals surface area contributed by atoms with Gasteiger partial charge in [-0.15, -0.1) is 5.10 Å². The number of hydrogen-bond acceptors (Lipinski definition) is 4. The summed E-state index contributed by atoms with van der Waals surface area (Å²) in [5, 5.41) is 13.0. The predicted molar refractivity (Wildman–Crippen MR) is 60.0 cm³/mol. The molecule has 0 spiro atoms. The Morgan fingerprint density at radius 2 is 2.20 bits per heavy atom. The maximum atomic E-state index is 5.14. The Balaban J connectivity index is 2.77. The van der Waals surface area contributed by atoms with Gasteiger partial charge in [0.15, 0.2) is 0 Å². The van der Waals surface area contributed by atoms with E-state index in [1.807, 2.05) is 4.68 Å². The largest absolute Gasteiger partial charge is 0.479 e. The van der Waals surface area contributed by atoms with Gasteiger partial charge >= 0.3 is 0 Å². The van der Waals surface area contributed by atoms with E-state index < -0.39 is 0 Å². The number of rotatable bonds is 2. The Hall–Kier alpha value is -1.17. The lowest BCUT2D eigenvalue weighted by atomic mass is 10.3. The second-order valence-corrected chi connectivity index (χ2v) is 4.19. The molecule has 0 saturated carbocycles. The van der Waals surface area contributed by atoms with Crippen molar-refractivity contribution in [1.29, 1.82) is 0 Å². The molecule has 2 heterocycles. The Morgan fingerprint density at radius 1 is 1.47 bits per heavy atom. The lowest BCUT2D eigenvalue weighted by Gasteiger charge is -2.05. The topological polar surface area (TPSA) is 52.8 Å². The molecule has 0 unspecified atom stereocenters. The molecular formula is C9H11BrN4O. The number of fused-ring (bicyclic) bond motifs is 1. The molecular weight excluding hydrogens is 260 g/mol. The molecule has 0 aliphatic rings. The van der Waals surface area contributed by atoms with Gasteiger partial charge in [-0.3, -0.25) is 4.68 Å². The Morgan fingerprint density at radius 3 is 2.80 bits per heavy atom. The lowest BCUT2D eigenvalue weighted by molar-refractivity contribution is 0.397. The van der Waals surface area contributed by atoms with Crippen molar-refractivity contribution in [3.63, 3.8) is 0 Å². The first-order chi connectivity index (χ1) is 7.15. The van der Waals surface area contributed by atoms with E-state index in [4.69, 9.17) is 4.74 Å². The zero-order chi connectivity index (χ0) is 11.0. The van der Waals surface area contributed by atoms with Crippen LogP contribution in [0.1, 0.15) is 19.9 Å². The fourth-order valence-electron chi connectivity index (χ4n) is 1.39. The van der Waals surface area contributed by atoms with Gasteiger partial charge in [-0.2, -0.15) is 10.2 Å². The smallest absolute Gasteiger partial charge is 0.245 e. The van der Waals surface area contributed by atoms with Gasteiger partial charge in [-0.25, -0.2) is 0 Å². The van der Waals surface area contributed by atoms with Crippen LogP contribution in [-0.2, 0) is 0 Å². The molecule has 0 N–H and O–H groups in total. The SMILES string of the molecule is COc1nncc2nn(C(C)C)c(Br)c12. The van der Waals surface area contributed by atoms with Gasteiger partial charge in [0, 0.05) is 6.04 Å². The predicted octanol–water partition coefficient (Wildman–Crippen LogP) is 2.18. The average Bonchev–Trinajstić information content (AvgIpc) is 2.56. The molecule has 2 rings (SSSR count). The van der Waals surface area contributed by atoms with Gasteiger partial charge in [0.1, 0.15) is 10.1 Å². The van der Waals surface area contributed by atoms with Gasteiger partial charge in [0.25, 0.3) is 0 Å². The summed E-state index contributed by atoms with van der Waals surface area (Å²) in [6.07, 6.45) is 1.63. The van der Waals surface area contributed by atoms with Crippen LogP contribution in [0.2, 0.25) is 0 Å². The molecule has 80 valence electrons. The van der Waals surface area contributed by atoms with Gasteiger partial charge in [-0.05, 0) is 29.8 Å². The van der Waals surface area contributed by atoms with Crippen LogP contribution in [0.15, 0.2) is 10.8 Å². The number of aromatic nitrogens is 4. The summed E-state index contributed by atoms with van der Waals surface area (Å²) in [5.41, 5.74) is 0.780. The molecule has 0 aliphatic carbocycles. The highest BCUT2D eigenvalue weighted by Gasteiger charge is 2.16. The minimum atomic E-state index is 0.275. The van der Waals surface area contributed by atoms with E-state index in [2.05, 4.69) is 45.1 Å². The van der Waals surface area contributed by atoms with Crippen LogP contribution in [0.5, 0.6) is 5.88 Å². The third-order valence-electron chi connectivity index (χ3n) is 2.10. The zero-order valence-corrected chi connectivity index (χ0v) is 10.3. The van der Waals surface area contributed by atoms with Crippen molar-refractivity contribution >= 4 is 26.8 Å². The molecule has 15 heavy (non-hydrogen) atoms. The number of halogens is 1. The van der Waals surface area contributed by atoms with Crippen LogP contribution in [-0.4, -0.2) is 27.1 Å². The van der Waals surface area contributed by atoms with E-state index >= 15 is 0 Å². The molecule has 0 fully saturated rings. The summed E-state index contributed by atoms with van der Waals surface area (Å²) in [4.78, 5) is 0. The monoisotopic (exact) mass is 270 g/mol. The summed E-state index contributed by atoms with van der Waals surface area (Å²) in [5.74, 6) is 0.492. The van der Waals surface area contributed by atoms with Gasteiger partial charge in [0.05, 0.1) is 18.7 Å². The molecule has 2 aromatic heterocycles. The van der Waals surface area contributed by atoms with Crippen LogP contribution in [0, 0.1) is 0 Å². The van der Waals surface area contributed by atoms with E-state index in [9.17, 15) is 0 Å². The van der Waals surface area contributed by atoms with Crippen molar-refractivity contribution in [1.82, 2.24) is 20.0 Å². The van der Waals surface area contributed by atoms with Crippen LogP contribution < -0.4 is 4.74 Å². The summed E-state index contributed by atoms with van der Waals surface area (Å²) in [6, 6.07) is 0.275. The second kappa shape index (κ2) is 3.77. The van der Waals surface area contributed by atoms with E-state index in [-0.39, 0.29) is 6.04 Å². The van der Waals surface area contributed by atoms with Crippen LogP contribution in [0.25, 0.3) is 10.9 Å². The summed E-state index contributed by atoms with van der Waals surface area (Å²) in [7, 11) is 1.57. The molecule has 0 aromatic carbocycles. The standard InChI is InChI=1S/C9H11BrN4O/c1-5(2)14-8(10)7-6(13-14)4-11-12-9(7)15-3/h4-5H,1-3H3. The van der Waals surface area contributed by atoms with E-state index in [0.717, 1.165) is 15.5 Å². The molecule has 0 amide bonds. The van der Waals surface area contributed by atoms with Crippen molar-refractivity contribution < 1.29 is 4.74 Å². The first-order valence-corrected chi connectivity index (χ1v) is 5.37. The normalized spacial score (nSPS) is 11.3. The highest BCUT2D eigenvalue weighted by atomic mass is 79.9. The molecule has 5 nitrogen and oxygen atoms in total. The highest BCUT2D eigenvalue weighted by Crippen LogP contribution is 2.31. The van der Waals surface area contributed by atoms with Crippen LogP contribution in [0.3, 0.4) is 0 Å². The van der Waals surface area contributed by atoms with Crippen LogP contribution >= 0.6 is 15.9 Å². The third-order valence-corrected chi connectivity index (χ3v) is 2.86.